The van der Waals surface area contributed by atoms with Crippen molar-refractivity contribution < 1.29 is 0 Å². The minimum absolute atomic E-state index is 0.490. The molecule has 18 heavy (non-hydrogen) atoms. The van der Waals surface area contributed by atoms with Crippen molar-refractivity contribution in [3.8, 4) is 0 Å². The number of nitrogens with one attached hydrogen (secondary N) is 1. The van der Waals surface area contributed by atoms with Gasteiger partial charge in [-0.25, -0.2) is 0 Å². The largest absolute Gasteiger partial charge is 0.313 e. The standard InChI is InChI=1S/C16H26BrN/c1-4-5-6-7-8-12-16(18-3)14-10-9-11-15(17)13(14)2/h9-11,16,18H,4-8,12H2,1-3H3. The molecule has 0 amide bonds. The second-order valence-electron chi connectivity index (χ2n) is 5.00. The molecule has 0 saturated heterocycles. The van der Waals surface area contributed by atoms with Gasteiger partial charge in [0.2, 0.25) is 0 Å². The van der Waals surface area contributed by atoms with Crippen LogP contribution >= 0.6 is 15.9 Å². The molecule has 1 unspecified atom stereocenters. The normalized spacial score (nSPS) is 12.7. The van der Waals surface area contributed by atoms with Crippen LogP contribution in [0.2, 0.25) is 0 Å². The summed E-state index contributed by atoms with van der Waals surface area (Å²) < 4.78 is 1.21. The molecule has 0 heterocycles. The fraction of sp³-hybridized carbons (Fsp3) is 0.625. The molecule has 0 aliphatic carbocycles. The molecule has 0 aliphatic rings. The Morgan fingerprint density at radius 1 is 1.17 bits per heavy atom. The SMILES string of the molecule is CCCCCCCC(NC)c1cccc(Br)c1C. The van der Waals surface area contributed by atoms with E-state index in [4.69, 9.17) is 0 Å². The first-order chi connectivity index (χ1) is 8.70. The topological polar surface area (TPSA) is 12.0 Å². The second-order valence-corrected chi connectivity index (χ2v) is 5.85. The van der Waals surface area contributed by atoms with E-state index < -0.39 is 0 Å². The molecule has 0 spiro atoms. The molecule has 0 bridgehead atoms. The quantitative estimate of drug-likeness (QED) is 0.636. The maximum atomic E-state index is 3.62. The summed E-state index contributed by atoms with van der Waals surface area (Å²) in [6.45, 7) is 4.46. The molecule has 1 atom stereocenters. The van der Waals surface area contributed by atoms with E-state index in [1.807, 2.05) is 0 Å². The highest BCUT2D eigenvalue weighted by molar-refractivity contribution is 9.10. The van der Waals surface area contributed by atoms with Gasteiger partial charge >= 0.3 is 0 Å². The number of hydrogen-bond donors (Lipinski definition) is 1. The highest BCUT2D eigenvalue weighted by atomic mass is 79.9. The van der Waals surface area contributed by atoms with E-state index in [0.29, 0.717) is 6.04 Å². The second kappa shape index (κ2) is 8.71. The third-order valence-electron chi connectivity index (χ3n) is 3.63. The fourth-order valence-electron chi connectivity index (χ4n) is 2.41. The Bertz CT molecular complexity index is 349. The fourth-order valence-corrected chi connectivity index (χ4v) is 2.79. The van der Waals surface area contributed by atoms with Crippen LogP contribution in [0.15, 0.2) is 22.7 Å². The molecule has 0 fully saturated rings. The minimum atomic E-state index is 0.490. The zero-order chi connectivity index (χ0) is 13.4. The number of benzene rings is 1. The molecular weight excluding hydrogens is 286 g/mol. The van der Waals surface area contributed by atoms with Crippen LogP contribution in [0.3, 0.4) is 0 Å². The van der Waals surface area contributed by atoms with E-state index in [-0.39, 0.29) is 0 Å². The van der Waals surface area contributed by atoms with Crippen LogP contribution in [0, 0.1) is 6.92 Å². The van der Waals surface area contributed by atoms with Gasteiger partial charge in [0.15, 0.2) is 0 Å². The maximum Gasteiger partial charge on any atom is 0.0320 e. The van der Waals surface area contributed by atoms with E-state index in [1.54, 1.807) is 0 Å². The van der Waals surface area contributed by atoms with E-state index >= 15 is 0 Å². The van der Waals surface area contributed by atoms with Crippen molar-refractivity contribution in [1.82, 2.24) is 5.32 Å². The molecule has 1 N–H and O–H groups in total. The Morgan fingerprint density at radius 2 is 1.89 bits per heavy atom. The van der Waals surface area contributed by atoms with E-state index in [1.165, 1.54) is 54.1 Å². The lowest BCUT2D eigenvalue weighted by Gasteiger charge is -2.19. The lowest BCUT2D eigenvalue weighted by molar-refractivity contribution is 0.499. The third-order valence-corrected chi connectivity index (χ3v) is 4.49. The Balaban J connectivity index is 2.52. The summed E-state index contributed by atoms with van der Waals surface area (Å²) in [6.07, 6.45) is 7.98. The Morgan fingerprint density at radius 3 is 2.56 bits per heavy atom. The maximum absolute atomic E-state index is 3.62. The molecule has 1 aromatic rings. The number of rotatable bonds is 8. The van der Waals surface area contributed by atoms with Crippen molar-refractivity contribution in [1.29, 1.82) is 0 Å². The first kappa shape index (κ1) is 15.7. The van der Waals surface area contributed by atoms with Crippen molar-refractivity contribution in [2.75, 3.05) is 7.05 Å². The van der Waals surface area contributed by atoms with Gasteiger partial charge in [0, 0.05) is 10.5 Å². The molecule has 0 aliphatic heterocycles. The molecule has 0 aromatic heterocycles. The van der Waals surface area contributed by atoms with E-state index in [9.17, 15) is 0 Å². The predicted octanol–water partition coefficient (Wildman–Crippen LogP) is 5.38. The summed E-state index contributed by atoms with van der Waals surface area (Å²) in [5.74, 6) is 0. The van der Waals surface area contributed by atoms with Crippen LogP contribution < -0.4 is 5.32 Å². The number of hydrogen-bond acceptors (Lipinski definition) is 1. The van der Waals surface area contributed by atoms with Gasteiger partial charge < -0.3 is 5.32 Å². The smallest absolute Gasteiger partial charge is 0.0320 e. The monoisotopic (exact) mass is 311 g/mol. The molecule has 2 heteroatoms. The lowest BCUT2D eigenvalue weighted by atomic mass is 9.96. The molecule has 0 radical (unpaired) electrons. The van der Waals surface area contributed by atoms with Crippen LogP contribution in [0.25, 0.3) is 0 Å². The van der Waals surface area contributed by atoms with Crippen LogP contribution in [0.1, 0.15) is 62.6 Å². The molecule has 0 saturated carbocycles. The van der Waals surface area contributed by atoms with Crippen LogP contribution in [-0.2, 0) is 0 Å². The zero-order valence-electron chi connectivity index (χ0n) is 11.9. The molecule has 1 rings (SSSR count). The highest BCUT2D eigenvalue weighted by Gasteiger charge is 2.12. The molecule has 102 valence electrons. The first-order valence-electron chi connectivity index (χ1n) is 7.13. The average Bonchev–Trinajstić information content (AvgIpc) is 2.38. The molecular formula is C16H26BrN. The summed E-state index contributed by atoms with van der Waals surface area (Å²) in [6, 6.07) is 6.98. The number of halogens is 1. The van der Waals surface area contributed by atoms with E-state index in [2.05, 4.69) is 60.3 Å². The summed E-state index contributed by atoms with van der Waals surface area (Å²) in [5.41, 5.74) is 2.80. The van der Waals surface area contributed by atoms with Gasteiger partial charge in [-0.3, -0.25) is 0 Å². The van der Waals surface area contributed by atoms with Crippen molar-refractivity contribution in [2.45, 2.75) is 58.4 Å². The van der Waals surface area contributed by atoms with Crippen LogP contribution in [-0.4, -0.2) is 7.05 Å². The van der Waals surface area contributed by atoms with Crippen molar-refractivity contribution >= 4 is 15.9 Å². The minimum Gasteiger partial charge on any atom is -0.313 e. The summed E-state index contributed by atoms with van der Waals surface area (Å²) in [5, 5.41) is 3.46. The third kappa shape index (κ3) is 4.74. The van der Waals surface area contributed by atoms with Gasteiger partial charge in [0.05, 0.1) is 0 Å². The van der Waals surface area contributed by atoms with Gasteiger partial charge in [0.1, 0.15) is 0 Å². The van der Waals surface area contributed by atoms with E-state index in [0.717, 1.165) is 0 Å². The van der Waals surface area contributed by atoms with Crippen LogP contribution in [0.5, 0.6) is 0 Å². The van der Waals surface area contributed by atoms with Crippen molar-refractivity contribution in [3.63, 3.8) is 0 Å². The van der Waals surface area contributed by atoms with Gasteiger partial charge in [-0.05, 0) is 37.6 Å². The van der Waals surface area contributed by atoms with Gasteiger partial charge in [0.25, 0.3) is 0 Å². The van der Waals surface area contributed by atoms with Gasteiger partial charge in [-0.2, -0.15) is 0 Å². The Hall–Kier alpha value is -0.340. The van der Waals surface area contributed by atoms with Crippen molar-refractivity contribution in [3.05, 3.63) is 33.8 Å². The molecule has 1 nitrogen and oxygen atoms in total. The highest BCUT2D eigenvalue weighted by Crippen LogP contribution is 2.27. The summed E-state index contributed by atoms with van der Waals surface area (Å²) >= 11 is 3.62. The van der Waals surface area contributed by atoms with Gasteiger partial charge in [-0.15, -0.1) is 0 Å². The van der Waals surface area contributed by atoms with Crippen LogP contribution in [0.4, 0.5) is 0 Å². The molecule has 1 aromatic carbocycles. The lowest BCUT2D eigenvalue weighted by Crippen LogP contribution is -2.17. The number of unbranched alkanes of at least 4 members (excludes halogenated alkanes) is 4. The Kier molecular flexibility index (Phi) is 7.60. The first-order valence-corrected chi connectivity index (χ1v) is 7.92. The zero-order valence-corrected chi connectivity index (χ0v) is 13.5. The predicted molar refractivity (Wildman–Crippen MR) is 84.1 cm³/mol. The Labute approximate surface area is 120 Å². The van der Waals surface area contributed by atoms with Crippen molar-refractivity contribution in [2.24, 2.45) is 0 Å². The summed E-state index contributed by atoms with van der Waals surface area (Å²) in [4.78, 5) is 0. The van der Waals surface area contributed by atoms with Gasteiger partial charge in [-0.1, -0.05) is 67.1 Å². The average molecular weight is 312 g/mol. The summed E-state index contributed by atoms with van der Waals surface area (Å²) in [7, 11) is 2.07.